The highest BCUT2D eigenvalue weighted by molar-refractivity contribution is 6.38. The first-order valence-corrected chi connectivity index (χ1v) is 13.0. The first-order valence-electron chi connectivity index (χ1n) is 12.3. The van der Waals surface area contributed by atoms with Crippen molar-refractivity contribution in [3.05, 3.63) is 64.7 Å². The quantitative estimate of drug-likeness (QED) is 0.604. The van der Waals surface area contributed by atoms with Gasteiger partial charge in [-0.15, -0.1) is 0 Å². The van der Waals surface area contributed by atoms with Crippen LogP contribution >= 0.6 is 23.2 Å². The van der Waals surface area contributed by atoms with Crippen molar-refractivity contribution in [2.24, 2.45) is 9.98 Å². The van der Waals surface area contributed by atoms with Gasteiger partial charge in [0.05, 0.1) is 28.0 Å². The lowest BCUT2D eigenvalue weighted by Gasteiger charge is -2.38. The fraction of sp³-hybridized carbons (Fsp3) is 0.385. The fourth-order valence-corrected chi connectivity index (χ4v) is 5.52. The fourth-order valence-electron chi connectivity index (χ4n) is 4.92. The number of rotatable bonds is 6. The van der Waals surface area contributed by atoms with Crippen molar-refractivity contribution in [2.45, 2.75) is 25.2 Å². The molecule has 0 bridgehead atoms. The van der Waals surface area contributed by atoms with E-state index < -0.39 is 6.04 Å². The van der Waals surface area contributed by atoms with Crippen LogP contribution in [-0.2, 0) is 4.79 Å². The molecule has 1 fully saturated rings. The average molecular weight is 541 g/mol. The zero-order valence-electron chi connectivity index (χ0n) is 21.1. The van der Waals surface area contributed by atoms with Crippen molar-refractivity contribution in [3.8, 4) is 0 Å². The number of benzene rings is 1. The molecule has 0 spiro atoms. The van der Waals surface area contributed by atoms with E-state index in [0.29, 0.717) is 36.2 Å². The number of anilines is 2. The monoisotopic (exact) mass is 540 g/mol. The molecule has 1 aromatic heterocycles. The number of carbonyl (C=O) groups excluding carboxylic acids is 1. The van der Waals surface area contributed by atoms with Gasteiger partial charge in [-0.3, -0.25) is 25.1 Å². The number of halogens is 2. The highest BCUT2D eigenvalue weighted by Gasteiger charge is 2.38. The largest absolute Gasteiger partial charge is 0.378 e. The molecule has 1 saturated heterocycles. The molecule has 37 heavy (non-hydrogen) atoms. The summed E-state index contributed by atoms with van der Waals surface area (Å²) in [7, 11) is 4.04. The van der Waals surface area contributed by atoms with Crippen molar-refractivity contribution in [1.82, 2.24) is 20.1 Å². The van der Waals surface area contributed by atoms with Gasteiger partial charge in [-0.25, -0.2) is 0 Å². The van der Waals surface area contributed by atoms with E-state index in [1.54, 1.807) is 24.8 Å². The van der Waals surface area contributed by atoms with Gasteiger partial charge in [-0.05, 0) is 24.6 Å². The van der Waals surface area contributed by atoms with Crippen LogP contribution in [0.2, 0.25) is 10.0 Å². The topological polar surface area (TPSA) is 79.7 Å². The van der Waals surface area contributed by atoms with Gasteiger partial charge in [0.25, 0.3) is 0 Å². The van der Waals surface area contributed by atoms with E-state index in [1.807, 2.05) is 37.0 Å². The van der Waals surface area contributed by atoms with E-state index in [9.17, 15) is 4.79 Å². The Kier molecular flexibility index (Phi) is 7.37. The molecule has 3 atom stereocenters. The summed E-state index contributed by atoms with van der Waals surface area (Å²) in [4.78, 5) is 34.8. The lowest BCUT2D eigenvalue weighted by molar-refractivity contribution is -0.133. The molecule has 9 nitrogen and oxygen atoms in total. The van der Waals surface area contributed by atoms with Gasteiger partial charge in [0.2, 0.25) is 5.91 Å². The van der Waals surface area contributed by atoms with Crippen LogP contribution < -0.4 is 15.1 Å². The predicted octanol–water partition coefficient (Wildman–Crippen LogP) is 3.42. The Bertz CT molecular complexity index is 1220. The molecule has 194 valence electrons. The van der Waals surface area contributed by atoms with Crippen LogP contribution in [0.1, 0.15) is 18.5 Å². The summed E-state index contributed by atoms with van der Waals surface area (Å²) in [5, 5.41) is 4.59. The lowest BCUT2D eigenvalue weighted by Crippen LogP contribution is -2.57. The second-order valence-electron chi connectivity index (χ2n) is 9.50. The van der Waals surface area contributed by atoms with E-state index in [2.05, 4.69) is 49.4 Å². The number of aliphatic imine (C=N–C) groups is 2. The molecule has 3 aliphatic heterocycles. The van der Waals surface area contributed by atoms with Gasteiger partial charge in [-0.2, -0.15) is 0 Å². The number of amidine groups is 1. The van der Waals surface area contributed by atoms with Crippen molar-refractivity contribution >= 4 is 52.5 Å². The third-order valence-electron chi connectivity index (χ3n) is 6.92. The zero-order valence-corrected chi connectivity index (χ0v) is 22.6. The number of nitrogens with one attached hydrogen (secondary N) is 1. The molecular formula is C26H30Cl2N8O. The molecule has 1 aromatic carbocycles. The highest BCUT2D eigenvalue weighted by Crippen LogP contribution is 2.34. The SMILES string of the molecule is CC(NC1C(c2ccc(N(C)C)cc2)N=C2C=NC=CN21)C(=O)N1CCN(c2c(Cl)cncc2Cl)CC1. The minimum absolute atomic E-state index is 0.0522. The molecule has 3 aliphatic rings. The van der Waals surface area contributed by atoms with Gasteiger partial charge < -0.3 is 19.6 Å². The van der Waals surface area contributed by atoms with Crippen molar-refractivity contribution < 1.29 is 4.79 Å². The number of fused-ring (bicyclic) bond motifs is 1. The Morgan fingerprint density at radius 1 is 1.08 bits per heavy atom. The number of pyridine rings is 1. The molecule has 0 radical (unpaired) electrons. The standard InChI is InChI=1S/C26H30Cl2N8O/c1-17(26(37)35-12-10-34(11-13-35)24-20(27)14-30-15-21(24)28)31-25-23(32-22-16-29-8-9-36(22)25)18-4-6-19(7-5-18)33(2)3/h4-9,14-17,23,25,31H,10-13H2,1-3H3. The van der Waals surface area contributed by atoms with Gasteiger partial charge >= 0.3 is 0 Å². The van der Waals surface area contributed by atoms with Gasteiger partial charge in [0.1, 0.15) is 18.0 Å². The molecule has 1 N–H and O–H groups in total. The molecule has 0 saturated carbocycles. The Morgan fingerprint density at radius 2 is 1.76 bits per heavy atom. The van der Waals surface area contributed by atoms with Crippen LogP contribution in [0.15, 0.2) is 59.0 Å². The van der Waals surface area contributed by atoms with Crippen molar-refractivity contribution in [2.75, 3.05) is 50.1 Å². The first-order chi connectivity index (χ1) is 17.8. The van der Waals surface area contributed by atoms with Crippen LogP contribution in [0, 0.1) is 0 Å². The van der Waals surface area contributed by atoms with Gasteiger partial charge in [-0.1, -0.05) is 35.3 Å². The Labute approximate surface area is 227 Å². The molecule has 0 aliphatic carbocycles. The minimum atomic E-state index is -0.407. The van der Waals surface area contributed by atoms with E-state index >= 15 is 0 Å². The number of amides is 1. The minimum Gasteiger partial charge on any atom is -0.378 e. The van der Waals surface area contributed by atoms with Crippen LogP contribution in [0.5, 0.6) is 0 Å². The third kappa shape index (κ3) is 5.16. The van der Waals surface area contributed by atoms with E-state index in [4.69, 9.17) is 28.2 Å². The maximum absolute atomic E-state index is 13.5. The molecule has 5 rings (SSSR count). The molecule has 4 heterocycles. The highest BCUT2D eigenvalue weighted by atomic mass is 35.5. The molecule has 11 heteroatoms. The summed E-state index contributed by atoms with van der Waals surface area (Å²) in [5.41, 5.74) is 2.97. The molecular weight excluding hydrogens is 511 g/mol. The van der Waals surface area contributed by atoms with Crippen LogP contribution in [0.4, 0.5) is 11.4 Å². The third-order valence-corrected chi connectivity index (χ3v) is 7.47. The number of nitrogens with zero attached hydrogens (tertiary/aromatic N) is 7. The predicted molar refractivity (Wildman–Crippen MR) is 150 cm³/mol. The Morgan fingerprint density at radius 3 is 2.41 bits per heavy atom. The van der Waals surface area contributed by atoms with Crippen molar-refractivity contribution in [1.29, 1.82) is 0 Å². The lowest BCUT2D eigenvalue weighted by atomic mass is 10.0. The van der Waals surface area contributed by atoms with Crippen LogP contribution in [0.25, 0.3) is 0 Å². The number of aromatic nitrogens is 1. The summed E-state index contributed by atoms with van der Waals surface area (Å²) in [6, 6.07) is 7.78. The number of hydrogen-bond donors (Lipinski definition) is 1. The van der Waals surface area contributed by atoms with E-state index in [1.165, 1.54) is 0 Å². The smallest absolute Gasteiger partial charge is 0.239 e. The molecule has 3 unspecified atom stereocenters. The maximum atomic E-state index is 13.5. The normalized spacial score (nSPS) is 21.6. The van der Waals surface area contributed by atoms with Gasteiger partial charge in [0, 0.05) is 70.8 Å². The summed E-state index contributed by atoms with van der Waals surface area (Å²) >= 11 is 12.7. The van der Waals surface area contributed by atoms with Crippen LogP contribution in [-0.4, -0.2) is 85.2 Å². The molecule has 2 aromatic rings. The number of piperazine rings is 1. The van der Waals surface area contributed by atoms with Crippen LogP contribution in [0.3, 0.4) is 0 Å². The maximum Gasteiger partial charge on any atom is 0.239 e. The van der Waals surface area contributed by atoms with Crippen molar-refractivity contribution in [3.63, 3.8) is 0 Å². The summed E-state index contributed by atoms with van der Waals surface area (Å²) in [6.07, 6.45) is 8.37. The number of hydrogen-bond acceptors (Lipinski definition) is 8. The first kappa shape index (κ1) is 25.5. The summed E-state index contributed by atoms with van der Waals surface area (Å²) < 4.78 is 0. The molecule has 1 amide bonds. The van der Waals surface area contributed by atoms with E-state index in [0.717, 1.165) is 22.8 Å². The average Bonchev–Trinajstić information content (AvgIpc) is 3.27. The van der Waals surface area contributed by atoms with E-state index in [-0.39, 0.29) is 18.1 Å². The summed E-state index contributed by atoms with van der Waals surface area (Å²) in [5.74, 6) is 0.831. The number of carbonyl (C=O) groups is 1. The van der Waals surface area contributed by atoms with Gasteiger partial charge in [0.15, 0.2) is 0 Å². The zero-order chi connectivity index (χ0) is 26.1. The Balaban J connectivity index is 1.27. The Hall–Kier alpha value is -3.14. The second kappa shape index (κ2) is 10.7. The summed E-state index contributed by atoms with van der Waals surface area (Å²) in [6.45, 7) is 4.36. The second-order valence-corrected chi connectivity index (χ2v) is 10.3.